The maximum Gasteiger partial charge on any atom is 0.123 e. The molecule has 0 radical (unpaired) electrons. The SMILES string of the molecule is BrCCOc1ccccc1CN1CCOCC1. The molecule has 2 rings (SSSR count). The lowest BCUT2D eigenvalue weighted by molar-refractivity contribution is 0.0338. The van der Waals surface area contributed by atoms with Crippen molar-refractivity contribution >= 4 is 15.9 Å². The summed E-state index contributed by atoms with van der Waals surface area (Å²) < 4.78 is 11.1. The number of morpholine rings is 1. The van der Waals surface area contributed by atoms with Gasteiger partial charge in [-0.25, -0.2) is 0 Å². The van der Waals surface area contributed by atoms with Crippen molar-refractivity contribution in [3.8, 4) is 5.75 Å². The number of hydrogen-bond acceptors (Lipinski definition) is 3. The fourth-order valence-corrected chi connectivity index (χ4v) is 2.09. The largest absolute Gasteiger partial charge is 0.492 e. The Labute approximate surface area is 111 Å². The molecule has 0 atom stereocenters. The minimum Gasteiger partial charge on any atom is -0.492 e. The Bertz CT molecular complexity index is 340. The molecule has 0 bridgehead atoms. The molecule has 0 aromatic heterocycles. The van der Waals surface area contributed by atoms with Gasteiger partial charge in [0.1, 0.15) is 5.75 Å². The van der Waals surface area contributed by atoms with E-state index in [2.05, 4.69) is 33.0 Å². The molecule has 1 saturated heterocycles. The highest BCUT2D eigenvalue weighted by atomic mass is 79.9. The van der Waals surface area contributed by atoms with E-state index in [9.17, 15) is 0 Å². The topological polar surface area (TPSA) is 21.7 Å². The molecule has 0 unspecified atom stereocenters. The highest BCUT2D eigenvalue weighted by molar-refractivity contribution is 9.09. The van der Waals surface area contributed by atoms with Gasteiger partial charge in [0.15, 0.2) is 0 Å². The number of hydrogen-bond donors (Lipinski definition) is 0. The Balaban J connectivity index is 1.98. The molecular weight excluding hydrogens is 282 g/mol. The van der Waals surface area contributed by atoms with Crippen LogP contribution in [0.3, 0.4) is 0 Å². The lowest BCUT2D eigenvalue weighted by Gasteiger charge is -2.27. The van der Waals surface area contributed by atoms with Crippen LogP contribution < -0.4 is 4.74 Å². The standard InChI is InChI=1S/C13H18BrNO2/c14-5-8-17-13-4-2-1-3-12(13)11-15-6-9-16-10-7-15/h1-4H,5-11H2. The fourth-order valence-electron chi connectivity index (χ4n) is 1.92. The number of para-hydroxylation sites is 1. The molecule has 1 fully saturated rings. The quantitative estimate of drug-likeness (QED) is 0.779. The zero-order valence-electron chi connectivity index (χ0n) is 9.90. The normalized spacial score (nSPS) is 17.0. The molecule has 0 aliphatic carbocycles. The molecule has 0 N–H and O–H groups in total. The van der Waals surface area contributed by atoms with E-state index in [1.807, 2.05) is 12.1 Å². The van der Waals surface area contributed by atoms with Gasteiger partial charge in [0.05, 0.1) is 19.8 Å². The fraction of sp³-hybridized carbons (Fsp3) is 0.538. The second kappa shape index (κ2) is 6.99. The molecule has 1 aromatic rings. The number of alkyl halides is 1. The molecule has 3 nitrogen and oxygen atoms in total. The molecule has 17 heavy (non-hydrogen) atoms. The van der Waals surface area contributed by atoms with E-state index >= 15 is 0 Å². The van der Waals surface area contributed by atoms with E-state index in [4.69, 9.17) is 9.47 Å². The van der Waals surface area contributed by atoms with Crippen molar-refractivity contribution in [3.05, 3.63) is 29.8 Å². The second-order valence-electron chi connectivity index (χ2n) is 4.03. The Morgan fingerprint density at radius 1 is 1.24 bits per heavy atom. The lowest BCUT2D eigenvalue weighted by atomic mass is 10.2. The molecule has 1 heterocycles. The van der Waals surface area contributed by atoms with Crippen LogP contribution in [-0.4, -0.2) is 43.1 Å². The summed E-state index contributed by atoms with van der Waals surface area (Å²) in [7, 11) is 0. The zero-order chi connectivity index (χ0) is 11.9. The summed E-state index contributed by atoms with van der Waals surface area (Å²) in [5.41, 5.74) is 1.26. The van der Waals surface area contributed by atoms with Gasteiger partial charge in [-0.3, -0.25) is 4.90 Å². The molecule has 0 saturated carbocycles. The Hall–Kier alpha value is -0.580. The molecule has 94 valence electrons. The van der Waals surface area contributed by atoms with Crippen LogP contribution >= 0.6 is 15.9 Å². The van der Waals surface area contributed by atoms with E-state index in [0.29, 0.717) is 6.61 Å². The van der Waals surface area contributed by atoms with Crippen molar-refractivity contribution in [1.29, 1.82) is 0 Å². The number of rotatable bonds is 5. The van der Waals surface area contributed by atoms with Crippen molar-refractivity contribution in [3.63, 3.8) is 0 Å². The third kappa shape index (κ3) is 3.98. The molecule has 4 heteroatoms. The Morgan fingerprint density at radius 3 is 2.76 bits per heavy atom. The van der Waals surface area contributed by atoms with Gasteiger partial charge >= 0.3 is 0 Å². The van der Waals surface area contributed by atoms with Crippen molar-refractivity contribution in [2.75, 3.05) is 38.2 Å². The smallest absolute Gasteiger partial charge is 0.123 e. The van der Waals surface area contributed by atoms with Crippen LogP contribution in [0, 0.1) is 0 Å². The van der Waals surface area contributed by atoms with Gasteiger partial charge in [-0.1, -0.05) is 34.1 Å². The highest BCUT2D eigenvalue weighted by Crippen LogP contribution is 2.20. The third-order valence-electron chi connectivity index (χ3n) is 2.80. The molecule has 1 aliphatic rings. The Kier molecular flexibility index (Phi) is 5.29. The van der Waals surface area contributed by atoms with E-state index in [-0.39, 0.29) is 0 Å². The van der Waals surface area contributed by atoms with Gasteiger partial charge < -0.3 is 9.47 Å². The average molecular weight is 300 g/mol. The number of ether oxygens (including phenoxy) is 2. The summed E-state index contributed by atoms with van der Waals surface area (Å²) in [6, 6.07) is 8.26. The molecule has 1 aromatic carbocycles. The van der Waals surface area contributed by atoms with Crippen molar-refractivity contribution < 1.29 is 9.47 Å². The lowest BCUT2D eigenvalue weighted by Crippen LogP contribution is -2.35. The van der Waals surface area contributed by atoms with Gasteiger partial charge in [0.25, 0.3) is 0 Å². The first kappa shape index (κ1) is 12.9. The predicted octanol–water partition coefficient (Wildman–Crippen LogP) is 2.29. The summed E-state index contributed by atoms with van der Waals surface area (Å²) in [5, 5.41) is 0.860. The van der Waals surface area contributed by atoms with Crippen LogP contribution in [0.4, 0.5) is 0 Å². The average Bonchev–Trinajstić information content (AvgIpc) is 2.39. The van der Waals surface area contributed by atoms with E-state index < -0.39 is 0 Å². The summed E-state index contributed by atoms with van der Waals surface area (Å²) in [4.78, 5) is 2.40. The van der Waals surface area contributed by atoms with Crippen molar-refractivity contribution in [1.82, 2.24) is 4.90 Å². The summed E-state index contributed by atoms with van der Waals surface area (Å²) in [6.07, 6.45) is 0. The minimum absolute atomic E-state index is 0.708. The van der Waals surface area contributed by atoms with Crippen LogP contribution in [-0.2, 0) is 11.3 Å². The Morgan fingerprint density at radius 2 is 2.00 bits per heavy atom. The zero-order valence-corrected chi connectivity index (χ0v) is 11.5. The molecule has 1 aliphatic heterocycles. The maximum absolute atomic E-state index is 5.72. The molecule has 0 amide bonds. The predicted molar refractivity (Wildman–Crippen MR) is 71.8 cm³/mol. The van der Waals surface area contributed by atoms with E-state index in [1.165, 1.54) is 5.56 Å². The first-order valence-corrected chi connectivity index (χ1v) is 7.09. The molecule has 0 spiro atoms. The van der Waals surface area contributed by atoms with E-state index in [0.717, 1.165) is 43.9 Å². The minimum atomic E-state index is 0.708. The summed E-state index contributed by atoms with van der Waals surface area (Å²) in [6.45, 7) is 5.34. The van der Waals surface area contributed by atoms with Gasteiger partial charge in [0, 0.05) is 30.5 Å². The number of benzene rings is 1. The first-order valence-electron chi connectivity index (χ1n) is 5.97. The van der Waals surface area contributed by atoms with Crippen molar-refractivity contribution in [2.45, 2.75) is 6.54 Å². The van der Waals surface area contributed by atoms with Crippen LogP contribution in [0.2, 0.25) is 0 Å². The van der Waals surface area contributed by atoms with E-state index in [1.54, 1.807) is 0 Å². The number of halogens is 1. The molecular formula is C13H18BrNO2. The van der Waals surface area contributed by atoms with Gasteiger partial charge in [-0.15, -0.1) is 0 Å². The monoisotopic (exact) mass is 299 g/mol. The third-order valence-corrected chi connectivity index (χ3v) is 3.13. The van der Waals surface area contributed by atoms with Crippen molar-refractivity contribution in [2.24, 2.45) is 0 Å². The van der Waals surface area contributed by atoms with Gasteiger partial charge in [0.2, 0.25) is 0 Å². The van der Waals surface area contributed by atoms with Crippen LogP contribution in [0.25, 0.3) is 0 Å². The van der Waals surface area contributed by atoms with Gasteiger partial charge in [-0.2, -0.15) is 0 Å². The summed E-state index contributed by atoms with van der Waals surface area (Å²) >= 11 is 3.38. The maximum atomic E-state index is 5.72. The summed E-state index contributed by atoms with van der Waals surface area (Å²) in [5.74, 6) is 0.999. The van der Waals surface area contributed by atoms with Gasteiger partial charge in [-0.05, 0) is 6.07 Å². The van der Waals surface area contributed by atoms with Crippen LogP contribution in [0.5, 0.6) is 5.75 Å². The van der Waals surface area contributed by atoms with Crippen LogP contribution in [0.1, 0.15) is 5.56 Å². The second-order valence-corrected chi connectivity index (χ2v) is 4.83. The first-order chi connectivity index (χ1) is 8.40. The highest BCUT2D eigenvalue weighted by Gasteiger charge is 2.12. The van der Waals surface area contributed by atoms with Crippen LogP contribution in [0.15, 0.2) is 24.3 Å². The number of nitrogens with zero attached hydrogens (tertiary/aromatic N) is 1.